The molecule has 204 valence electrons. The third kappa shape index (κ3) is 7.17. The van der Waals surface area contributed by atoms with Gasteiger partial charge in [0.2, 0.25) is 5.91 Å². The number of unbranched alkanes of at least 4 members (excludes halogenated alkanes) is 1. The van der Waals surface area contributed by atoms with Gasteiger partial charge in [-0.3, -0.25) is 4.79 Å². The smallest absolute Gasteiger partial charge is 0.224 e. The van der Waals surface area contributed by atoms with Gasteiger partial charge in [-0.1, -0.05) is 85.8 Å². The van der Waals surface area contributed by atoms with Gasteiger partial charge in [-0.05, 0) is 65.8 Å². The lowest BCUT2D eigenvalue weighted by molar-refractivity contribution is -0.120. The van der Waals surface area contributed by atoms with Crippen LogP contribution in [0.25, 0.3) is 22.2 Å². The van der Waals surface area contributed by atoms with E-state index in [-0.39, 0.29) is 5.91 Å². The second-order valence-electron chi connectivity index (χ2n) is 10.1. The van der Waals surface area contributed by atoms with Crippen molar-refractivity contribution in [2.45, 2.75) is 45.6 Å². The number of amides is 1. The summed E-state index contributed by atoms with van der Waals surface area (Å²) in [7, 11) is 0. The molecule has 1 amide bonds. The normalized spacial score (nSPS) is 11.0. The fraction of sp³-hybridized carbons (Fsp3) is 0.257. The zero-order valence-electron chi connectivity index (χ0n) is 23.2. The lowest BCUT2D eigenvalue weighted by Gasteiger charge is -2.11. The molecule has 0 aliphatic heterocycles. The van der Waals surface area contributed by atoms with Gasteiger partial charge in [0, 0.05) is 19.5 Å². The summed E-state index contributed by atoms with van der Waals surface area (Å²) in [4.78, 5) is 17.5. The Labute approximate surface area is 236 Å². The van der Waals surface area contributed by atoms with Crippen molar-refractivity contribution in [2.24, 2.45) is 0 Å². The van der Waals surface area contributed by atoms with E-state index in [9.17, 15) is 4.79 Å². The van der Waals surface area contributed by atoms with Crippen LogP contribution in [0, 0.1) is 0 Å². The summed E-state index contributed by atoms with van der Waals surface area (Å²) in [6, 6.07) is 35.1. The van der Waals surface area contributed by atoms with E-state index in [1.54, 1.807) is 0 Å². The van der Waals surface area contributed by atoms with Crippen LogP contribution >= 0.6 is 0 Å². The zero-order chi connectivity index (χ0) is 27.6. The highest BCUT2D eigenvalue weighted by Crippen LogP contribution is 2.20. The molecule has 0 fully saturated rings. The summed E-state index contributed by atoms with van der Waals surface area (Å²) >= 11 is 0. The zero-order valence-corrected chi connectivity index (χ0v) is 23.2. The first-order valence-electron chi connectivity index (χ1n) is 14.3. The van der Waals surface area contributed by atoms with Gasteiger partial charge in [0.25, 0.3) is 0 Å². The Morgan fingerprint density at radius 2 is 1.50 bits per heavy atom. The molecule has 0 bridgehead atoms. The molecule has 4 aromatic carbocycles. The summed E-state index contributed by atoms with van der Waals surface area (Å²) in [5, 5.41) is 3.09. The second-order valence-corrected chi connectivity index (χ2v) is 10.1. The quantitative estimate of drug-likeness (QED) is 0.166. The van der Waals surface area contributed by atoms with Crippen molar-refractivity contribution < 1.29 is 9.53 Å². The molecule has 5 rings (SSSR count). The number of rotatable bonds is 13. The maximum absolute atomic E-state index is 12.7. The standard InChI is InChI=1S/C35H37N3O2/c1-2-27-16-20-31(21-17-27)40-25-9-8-24-38-33-13-7-6-12-32(33)37-34(38)22-23-36-35(39)26-28-14-18-30(19-15-28)29-10-4-3-5-11-29/h3-7,10-21H,2,8-9,22-26H2,1H3,(H,36,39). The molecule has 1 N–H and O–H groups in total. The van der Waals surface area contributed by atoms with Crippen LogP contribution in [0.2, 0.25) is 0 Å². The fourth-order valence-electron chi connectivity index (χ4n) is 4.96. The minimum atomic E-state index is 0.0271. The Morgan fingerprint density at radius 3 is 2.27 bits per heavy atom. The minimum Gasteiger partial charge on any atom is -0.494 e. The molecule has 5 aromatic rings. The highest BCUT2D eigenvalue weighted by atomic mass is 16.5. The minimum absolute atomic E-state index is 0.0271. The summed E-state index contributed by atoms with van der Waals surface area (Å²) in [5.41, 5.74) is 6.79. The predicted molar refractivity (Wildman–Crippen MR) is 163 cm³/mol. The molecule has 0 spiro atoms. The molecular weight excluding hydrogens is 494 g/mol. The lowest BCUT2D eigenvalue weighted by Crippen LogP contribution is -2.28. The molecule has 40 heavy (non-hydrogen) atoms. The number of hydrogen-bond donors (Lipinski definition) is 1. The van der Waals surface area contributed by atoms with Gasteiger partial charge in [0.15, 0.2) is 0 Å². The summed E-state index contributed by atoms with van der Waals surface area (Å²) in [6.45, 7) is 4.27. The predicted octanol–water partition coefficient (Wildman–Crippen LogP) is 7.03. The van der Waals surface area contributed by atoms with Gasteiger partial charge in [-0.2, -0.15) is 0 Å². The van der Waals surface area contributed by atoms with Gasteiger partial charge < -0.3 is 14.6 Å². The van der Waals surface area contributed by atoms with E-state index in [1.165, 1.54) is 11.1 Å². The van der Waals surface area contributed by atoms with Crippen molar-refractivity contribution in [3.8, 4) is 16.9 Å². The fourth-order valence-corrected chi connectivity index (χ4v) is 4.96. The van der Waals surface area contributed by atoms with Crippen molar-refractivity contribution in [1.29, 1.82) is 0 Å². The van der Waals surface area contributed by atoms with E-state index in [2.05, 4.69) is 71.4 Å². The molecule has 5 nitrogen and oxygen atoms in total. The Morgan fingerprint density at radius 1 is 0.800 bits per heavy atom. The topological polar surface area (TPSA) is 56.1 Å². The van der Waals surface area contributed by atoms with Crippen molar-refractivity contribution in [3.05, 3.63) is 120 Å². The molecule has 0 unspecified atom stereocenters. The number of benzene rings is 4. The third-order valence-corrected chi connectivity index (χ3v) is 7.21. The number of para-hydroxylation sites is 2. The van der Waals surface area contributed by atoms with Crippen LogP contribution < -0.4 is 10.1 Å². The maximum atomic E-state index is 12.7. The Balaban J connectivity index is 1.11. The Bertz CT molecular complexity index is 1510. The van der Waals surface area contributed by atoms with Crippen LogP contribution in [0.5, 0.6) is 5.75 Å². The number of nitrogens with zero attached hydrogens (tertiary/aromatic N) is 2. The molecular formula is C35H37N3O2. The van der Waals surface area contributed by atoms with Gasteiger partial charge >= 0.3 is 0 Å². The lowest BCUT2D eigenvalue weighted by atomic mass is 10.0. The number of ether oxygens (including phenoxy) is 1. The molecule has 0 saturated carbocycles. The molecule has 0 aliphatic carbocycles. The first kappa shape index (κ1) is 27.2. The van der Waals surface area contributed by atoms with Crippen molar-refractivity contribution in [2.75, 3.05) is 13.2 Å². The van der Waals surface area contributed by atoms with Crippen LogP contribution in [0.15, 0.2) is 103 Å². The number of fused-ring (bicyclic) bond motifs is 1. The summed E-state index contributed by atoms with van der Waals surface area (Å²) < 4.78 is 8.23. The number of nitrogens with one attached hydrogen (secondary N) is 1. The Kier molecular flexibility index (Phi) is 9.25. The highest BCUT2D eigenvalue weighted by molar-refractivity contribution is 5.79. The number of carbonyl (C=O) groups excluding carboxylic acids is 1. The molecule has 0 radical (unpaired) electrons. The first-order chi connectivity index (χ1) is 19.7. The number of imidazole rings is 1. The van der Waals surface area contributed by atoms with E-state index >= 15 is 0 Å². The maximum Gasteiger partial charge on any atom is 0.224 e. The monoisotopic (exact) mass is 531 g/mol. The SMILES string of the molecule is CCc1ccc(OCCCCn2c(CCNC(=O)Cc3ccc(-c4ccccc4)cc3)nc3ccccc32)cc1. The van der Waals surface area contributed by atoms with Gasteiger partial charge in [-0.25, -0.2) is 4.98 Å². The largest absolute Gasteiger partial charge is 0.494 e. The van der Waals surface area contributed by atoms with E-state index in [4.69, 9.17) is 9.72 Å². The molecule has 0 atom stereocenters. The van der Waals surface area contributed by atoms with Crippen LogP contribution in [0.3, 0.4) is 0 Å². The number of aromatic nitrogens is 2. The Hall–Kier alpha value is -4.38. The average Bonchev–Trinajstić information content (AvgIpc) is 3.35. The first-order valence-corrected chi connectivity index (χ1v) is 14.3. The summed E-state index contributed by atoms with van der Waals surface area (Å²) in [5.74, 6) is 1.96. The van der Waals surface area contributed by atoms with Crippen LogP contribution in [0.1, 0.15) is 36.7 Å². The van der Waals surface area contributed by atoms with E-state index in [0.29, 0.717) is 26.0 Å². The van der Waals surface area contributed by atoms with Crippen molar-refractivity contribution in [3.63, 3.8) is 0 Å². The molecule has 1 heterocycles. The van der Waals surface area contributed by atoms with Gasteiger partial charge in [-0.15, -0.1) is 0 Å². The van der Waals surface area contributed by atoms with Crippen molar-refractivity contribution in [1.82, 2.24) is 14.9 Å². The molecule has 5 heteroatoms. The van der Waals surface area contributed by atoms with E-state index < -0.39 is 0 Å². The van der Waals surface area contributed by atoms with Gasteiger partial charge in [0.05, 0.1) is 24.1 Å². The number of aryl methyl sites for hydroxylation is 2. The van der Waals surface area contributed by atoms with Crippen LogP contribution in [-0.2, 0) is 30.6 Å². The van der Waals surface area contributed by atoms with E-state index in [1.807, 2.05) is 48.5 Å². The van der Waals surface area contributed by atoms with Crippen molar-refractivity contribution >= 4 is 16.9 Å². The second kappa shape index (κ2) is 13.6. The number of hydrogen-bond acceptors (Lipinski definition) is 3. The molecule has 1 aromatic heterocycles. The van der Waals surface area contributed by atoms with Crippen LogP contribution in [0.4, 0.5) is 0 Å². The molecule has 0 saturated heterocycles. The van der Waals surface area contributed by atoms with Crippen LogP contribution in [-0.4, -0.2) is 28.6 Å². The molecule has 0 aliphatic rings. The third-order valence-electron chi connectivity index (χ3n) is 7.21. The number of carbonyl (C=O) groups is 1. The van der Waals surface area contributed by atoms with E-state index in [0.717, 1.165) is 59.5 Å². The summed E-state index contributed by atoms with van der Waals surface area (Å²) in [6.07, 6.45) is 4.04. The average molecular weight is 532 g/mol. The highest BCUT2D eigenvalue weighted by Gasteiger charge is 2.11. The van der Waals surface area contributed by atoms with Gasteiger partial charge in [0.1, 0.15) is 11.6 Å².